The molecular formula is C16H12N3S+. The highest BCUT2D eigenvalue weighted by molar-refractivity contribution is 7.21. The van der Waals surface area contributed by atoms with Crippen molar-refractivity contribution in [2.24, 2.45) is 7.05 Å². The molecule has 3 aromatic heterocycles. The molecule has 5 rings (SSSR count). The fourth-order valence-corrected chi connectivity index (χ4v) is 4.53. The van der Waals surface area contributed by atoms with E-state index < -0.39 is 0 Å². The van der Waals surface area contributed by atoms with Gasteiger partial charge in [0.25, 0.3) is 10.5 Å². The molecule has 0 aliphatic carbocycles. The molecule has 1 aliphatic heterocycles. The van der Waals surface area contributed by atoms with Crippen molar-refractivity contribution in [3.8, 4) is 10.6 Å². The lowest BCUT2D eigenvalue weighted by Crippen LogP contribution is -2.30. The first-order chi connectivity index (χ1) is 9.84. The van der Waals surface area contributed by atoms with Crippen LogP contribution in [0.2, 0.25) is 0 Å². The molecule has 4 aromatic rings. The van der Waals surface area contributed by atoms with Crippen LogP contribution in [0.4, 0.5) is 0 Å². The molecule has 0 unspecified atom stereocenters. The zero-order valence-corrected chi connectivity index (χ0v) is 11.8. The first-order valence-corrected chi connectivity index (χ1v) is 7.50. The van der Waals surface area contributed by atoms with Gasteiger partial charge in [-0.1, -0.05) is 18.2 Å². The second-order valence-corrected chi connectivity index (χ2v) is 6.22. The summed E-state index contributed by atoms with van der Waals surface area (Å²) in [5.74, 6) is 0. The highest BCUT2D eigenvalue weighted by atomic mass is 32.1. The summed E-state index contributed by atoms with van der Waals surface area (Å²) in [6, 6.07) is 12.9. The van der Waals surface area contributed by atoms with Gasteiger partial charge in [-0.3, -0.25) is 0 Å². The second kappa shape index (κ2) is 3.46. The van der Waals surface area contributed by atoms with E-state index in [1.807, 2.05) is 23.6 Å². The Morgan fingerprint density at radius 2 is 2.10 bits per heavy atom. The molecule has 4 heterocycles. The first-order valence-electron chi connectivity index (χ1n) is 6.68. The molecule has 0 bridgehead atoms. The van der Waals surface area contributed by atoms with E-state index in [-0.39, 0.29) is 0 Å². The number of aryl methyl sites for hydroxylation is 1. The minimum atomic E-state index is 0.972. The van der Waals surface area contributed by atoms with Gasteiger partial charge in [-0.25, -0.2) is 4.98 Å². The summed E-state index contributed by atoms with van der Waals surface area (Å²) in [6.45, 7) is 0.972. The Kier molecular flexibility index (Phi) is 1.83. The minimum Gasteiger partial charge on any atom is -0.315 e. The molecule has 0 saturated heterocycles. The van der Waals surface area contributed by atoms with Crippen LogP contribution >= 0.6 is 11.3 Å². The number of pyridine rings is 1. The number of benzene rings is 1. The van der Waals surface area contributed by atoms with Gasteiger partial charge in [-0.05, 0) is 29.5 Å². The normalized spacial score (nSPS) is 13.1. The summed E-state index contributed by atoms with van der Waals surface area (Å²) < 4.78 is 4.65. The van der Waals surface area contributed by atoms with E-state index >= 15 is 0 Å². The van der Waals surface area contributed by atoms with Crippen LogP contribution in [0, 0.1) is 0 Å². The third-order valence-electron chi connectivity index (χ3n) is 4.15. The van der Waals surface area contributed by atoms with Crippen LogP contribution in [0.1, 0.15) is 5.56 Å². The standard InChI is InChI=1S/C16H12N3S/c1-18-14-12(7-4-8-17-14)13-16(18)20-15-11-6-3-2-5-10(11)9-19(13)15/h2-8H,9H2,1H3/q+1. The molecule has 0 N–H and O–H groups in total. The van der Waals surface area contributed by atoms with Gasteiger partial charge in [0.15, 0.2) is 11.4 Å². The van der Waals surface area contributed by atoms with Gasteiger partial charge >= 0.3 is 0 Å². The Morgan fingerprint density at radius 3 is 3.05 bits per heavy atom. The number of nitrogens with zero attached hydrogens (tertiary/aromatic N) is 3. The van der Waals surface area contributed by atoms with Crippen LogP contribution in [-0.4, -0.2) is 9.55 Å². The quantitative estimate of drug-likeness (QED) is 0.399. The number of hydrogen-bond acceptors (Lipinski definition) is 2. The average molecular weight is 278 g/mol. The predicted octanol–water partition coefficient (Wildman–Crippen LogP) is 3.10. The van der Waals surface area contributed by atoms with Gasteiger partial charge in [0.2, 0.25) is 0 Å². The van der Waals surface area contributed by atoms with Crippen molar-refractivity contribution in [2.75, 3.05) is 0 Å². The molecule has 3 nitrogen and oxygen atoms in total. The fraction of sp³-hybridized carbons (Fsp3) is 0.125. The van der Waals surface area contributed by atoms with Crippen molar-refractivity contribution in [3.63, 3.8) is 0 Å². The monoisotopic (exact) mass is 278 g/mol. The summed E-state index contributed by atoms with van der Waals surface area (Å²) >= 11 is 1.87. The summed E-state index contributed by atoms with van der Waals surface area (Å²) in [7, 11) is 2.11. The molecule has 96 valence electrons. The minimum absolute atomic E-state index is 0.972. The number of rotatable bonds is 0. The highest BCUT2D eigenvalue weighted by Crippen LogP contribution is 2.38. The van der Waals surface area contributed by atoms with Gasteiger partial charge in [0, 0.05) is 18.8 Å². The molecule has 0 spiro atoms. The van der Waals surface area contributed by atoms with Crippen molar-refractivity contribution >= 4 is 32.7 Å². The summed E-state index contributed by atoms with van der Waals surface area (Å²) in [5, 5.41) is 2.62. The largest absolute Gasteiger partial charge is 0.315 e. The Morgan fingerprint density at radius 1 is 1.20 bits per heavy atom. The topological polar surface area (TPSA) is 21.7 Å². The predicted molar refractivity (Wildman–Crippen MR) is 80.8 cm³/mol. The molecular weight excluding hydrogens is 266 g/mol. The molecule has 0 amide bonds. The maximum Gasteiger partial charge on any atom is 0.272 e. The summed E-state index contributed by atoms with van der Waals surface area (Å²) in [6.07, 6.45) is 1.87. The maximum absolute atomic E-state index is 4.52. The van der Waals surface area contributed by atoms with Crippen molar-refractivity contribution < 1.29 is 4.57 Å². The number of aromatic nitrogens is 3. The van der Waals surface area contributed by atoms with Crippen molar-refractivity contribution in [1.29, 1.82) is 0 Å². The lowest BCUT2D eigenvalue weighted by Gasteiger charge is -1.93. The Hall–Kier alpha value is -2.20. The van der Waals surface area contributed by atoms with E-state index in [9.17, 15) is 0 Å². The van der Waals surface area contributed by atoms with Gasteiger partial charge in [0.1, 0.15) is 5.65 Å². The Balaban J connectivity index is 1.97. The number of hydrogen-bond donors (Lipinski definition) is 0. The molecule has 1 aromatic carbocycles. The van der Waals surface area contributed by atoms with Gasteiger partial charge in [-0.2, -0.15) is 4.57 Å². The van der Waals surface area contributed by atoms with E-state index in [0.717, 1.165) is 12.2 Å². The fourth-order valence-electron chi connectivity index (χ4n) is 3.23. The molecule has 1 aliphatic rings. The molecule has 0 saturated carbocycles. The Bertz CT molecular complexity index is 994. The number of fused-ring (bicyclic) bond motifs is 7. The van der Waals surface area contributed by atoms with Crippen LogP contribution in [0.3, 0.4) is 0 Å². The molecule has 0 fully saturated rings. The Labute approximate surface area is 119 Å². The first kappa shape index (κ1) is 10.6. The smallest absolute Gasteiger partial charge is 0.272 e. The van der Waals surface area contributed by atoms with Crippen LogP contribution < -0.4 is 4.57 Å². The van der Waals surface area contributed by atoms with E-state index in [1.165, 1.54) is 31.9 Å². The van der Waals surface area contributed by atoms with E-state index in [1.54, 1.807) is 0 Å². The van der Waals surface area contributed by atoms with E-state index in [0.29, 0.717) is 0 Å². The lowest BCUT2D eigenvalue weighted by molar-refractivity contribution is -0.641. The average Bonchev–Trinajstić information content (AvgIpc) is 3.09. The third kappa shape index (κ3) is 1.11. The SMILES string of the molecule is Cn1c2ncccc2c2c1sc1[n+]2Cc2ccccc2-1. The molecule has 0 radical (unpaired) electrons. The van der Waals surface area contributed by atoms with Crippen LogP contribution in [0.25, 0.3) is 32.0 Å². The van der Waals surface area contributed by atoms with Crippen molar-refractivity contribution in [1.82, 2.24) is 9.55 Å². The van der Waals surface area contributed by atoms with Gasteiger partial charge in [0.05, 0.1) is 10.9 Å². The zero-order valence-electron chi connectivity index (χ0n) is 11.0. The summed E-state index contributed by atoms with van der Waals surface area (Å²) in [4.78, 5) is 5.83. The third-order valence-corrected chi connectivity index (χ3v) is 5.45. The molecule has 20 heavy (non-hydrogen) atoms. The van der Waals surface area contributed by atoms with Crippen molar-refractivity contribution in [2.45, 2.75) is 6.54 Å². The van der Waals surface area contributed by atoms with Crippen LogP contribution in [0.5, 0.6) is 0 Å². The maximum atomic E-state index is 4.52. The lowest BCUT2D eigenvalue weighted by atomic mass is 10.1. The molecule has 0 atom stereocenters. The summed E-state index contributed by atoms with van der Waals surface area (Å²) in [5.41, 5.74) is 5.19. The molecule has 4 heteroatoms. The van der Waals surface area contributed by atoms with Crippen LogP contribution in [-0.2, 0) is 13.6 Å². The zero-order chi connectivity index (χ0) is 13.3. The van der Waals surface area contributed by atoms with E-state index in [2.05, 4.69) is 51.5 Å². The van der Waals surface area contributed by atoms with Crippen molar-refractivity contribution in [3.05, 3.63) is 48.2 Å². The van der Waals surface area contributed by atoms with Gasteiger partial charge < -0.3 is 4.57 Å². The number of thiazole rings is 1. The highest BCUT2D eigenvalue weighted by Gasteiger charge is 2.34. The van der Waals surface area contributed by atoms with Crippen LogP contribution in [0.15, 0.2) is 42.6 Å². The second-order valence-electron chi connectivity index (χ2n) is 5.24. The van der Waals surface area contributed by atoms with Gasteiger partial charge in [-0.15, -0.1) is 0 Å². The van der Waals surface area contributed by atoms with E-state index in [4.69, 9.17) is 0 Å².